The van der Waals surface area contributed by atoms with E-state index < -0.39 is 0 Å². The minimum absolute atomic E-state index is 0.369. The molecule has 2 N–H and O–H groups in total. The van der Waals surface area contributed by atoms with Gasteiger partial charge < -0.3 is 10.5 Å². The lowest BCUT2D eigenvalue weighted by Crippen LogP contribution is -2.26. The Morgan fingerprint density at radius 3 is 2.80 bits per heavy atom. The summed E-state index contributed by atoms with van der Waals surface area (Å²) in [6, 6.07) is 8.67. The predicted molar refractivity (Wildman–Crippen MR) is 62.2 cm³/mol. The number of rotatable bonds is 2. The molecule has 2 rings (SSSR count). The summed E-state index contributed by atoms with van der Waals surface area (Å²) in [4.78, 5) is 0. The van der Waals surface area contributed by atoms with Gasteiger partial charge in [0.05, 0.1) is 7.11 Å². The molecule has 0 aromatic heterocycles. The minimum atomic E-state index is 0.369. The Labute approximate surface area is 91.4 Å². The zero-order valence-corrected chi connectivity index (χ0v) is 9.28. The SMILES string of the molecule is COc1ccccc1C1CCCC(N)C1. The van der Waals surface area contributed by atoms with Crippen LogP contribution in [0.25, 0.3) is 0 Å². The van der Waals surface area contributed by atoms with Crippen molar-refractivity contribution in [3.8, 4) is 5.75 Å². The van der Waals surface area contributed by atoms with Gasteiger partial charge in [0.25, 0.3) is 0 Å². The van der Waals surface area contributed by atoms with Crippen molar-refractivity contribution in [1.82, 2.24) is 0 Å². The van der Waals surface area contributed by atoms with E-state index in [-0.39, 0.29) is 0 Å². The number of ether oxygens (including phenoxy) is 1. The molecule has 0 saturated heterocycles. The van der Waals surface area contributed by atoms with E-state index in [1.807, 2.05) is 12.1 Å². The Balaban J connectivity index is 2.20. The van der Waals surface area contributed by atoms with E-state index in [2.05, 4.69) is 12.1 Å². The summed E-state index contributed by atoms with van der Waals surface area (Å²) in [5.74, 6) is 1.60. The normalized spacial score (nSPS) is 26.3. The third-order valence-electron chi connectivity index (χ3n) is 3.29. The van der Waals surface area contributed by atoms with Crippen molar-refractivity contribution in [2.24, 2.45) is 5.73 Å². The quantitative estimate of drug-likeness (QED) is 0.805. The first-order chi connectivity index (χ1) is 7.31. The molecule has 1 aromatic carbocycles. The van der Waals surface area contributed by atoms with Crippen LogP contribution >= 0.6 is 0 Å². The van der Waals surface area contributed by atoms with Crippen LogP contribution in [0.2, 0.25) is 0 Å². The van der Waals surface area contributed by atoms with Crippen LogP contribution in [0.15, 0.2) is 24.3 Å². The molecular formula is C13H19NO. The van der Waals surface area contributed by atoms with Gasteiger partial charge in [-0.1, -0.05) is 24.6 Å². The average molecular weight is 205 g/mol. The summed E-state index contributed by atoms with van der Waals surface area (Å²) in [6.07, 6.45) is 4.75. The third kappa shape index (κ3) is 2.32. The number of nitrogens with two attached hydrogens (primary N) is 1. The molecule has 0 aliphatic heterocycles. The van der Waals surface area contributed by atoms with E-state index in [4.69, 9.17) is 10.5 Å². The van der Waals surface area contributed by atoms with E-state index in [0.29, 0.717) is 12.0 Å². The van der Waals surface area contributed by atoms with Crippen LogP contribution in [0, 0.1) is 0 Å². The van der Waals surface area contributed by atoms with Gasteiger partial charge in [-0.25, -0.2) is 0 Å². The fourth-order valence-electron chi connectivity index (χ4n) is 2.51. The van der Waals surface area contributed by atoms with Crippen molar-refractivity contribution in [3.05, 3.63) is 29.8 Å². The van der Waals surface area contributed by atoms with Crippen molar-refractivity contribution in [2.45, 2.75) is 37.6 Å². The Hall–Kier alpha value is -1.02. The molecule has 15 heavy (non-hydrogen) atoms. The summed E-state index contributed by atoms with van der Waals surface area (Å²) in [5.41, 5.74) is 7.34. The Bertz CT molecular complexity index is 324. The highest BCUT2D eigenvalue weighted by Crippen LogP contribution is 2.36. The van der Waals surface area contributed by atoms with Crippen LogP contribution in [0.1, 0.15) is 37.2 Å². The molecule has 1 aromatic rings. The molecule has 1 fully saturated rings. The lowest BCUT2D eigenvalue weighted by molar-refractivity contribution is 0.367. The number of para-hydroxylation sites is 1. The fourth-order valence-corrected chi connectivity index (χ4v) is 2.51. The molecular weight excluding hydrogens is 186 g/mol. The molecule has 1 aliphatic carbocycles. The van der Waals surface area contributed by atoms with Crippen LogP contribution in [0.3, 0.4) is 0 Å². The van der Waals surface area contributed by atoms with Gasteiger partial charge in [-0.05, 0) is 36.8 Å². The number of methoxy groups -OCH3 is 1. The van der Waals surface area contributed by atoms with Gasteiger partial charge in [-0.3, -0.25) is 0 Å². The molecule has 82 valence electrons. The van der Waals surface area contributed by atoms with Gasteiger partial charge in [0, 0.05) is 6.04 Å². The molecule has 2 heteroatoms. The number of hydrogen-bond acceptors (Lipinski definition) is 2. The van der Waals surface area contributed by atoms with E-state index in [1.54, 1.807) is 7.11 Å². The lowest BCUT2D eigenvalue weighted by atomic mass is 9.81. The first-order valence-electron chi connectivity index (χ1n) is 5.69. The summed E-state index contributed by atoms with van der Waals surface area (Å²) < 4.78 is 5.39. The minimum Gasteiger partial charge on any atom is -0.496 e. The van der Waals surface area contributed by atoms with Gasteiger partial charge in [-0.15, -0.1) is 0 Å². The number of hydrogen-bond donors (Lipinski definition) is 1. The van der Waals surface area contributed by atoms with Crippen molar-refractivity contribution in [1.29, 1.82) is 0 Å². The summed E-state index contributed by atoms with van der Waals surface area (Å²) in [5, 5.41) is 0. The Morgan fingerprint density at radius 1 is 1.27 bits per heavy atom. The van der Waals surface area contributed by atoms with Crippen LogP contribution in [-0.4, -0.2) is 13.2 Å². The predicted octanol–water partition coefficient (Wildman–Crippen LogP) is 2.68. The molecule has 2 atom stereocenters. The maximum atomic E-state index is 6.01. The molecule has 0 bridgehead atoms. The molecule has 0 amide bonds. The van der Waals surface area contributed by atoms with E-state index in [0.717, 1.165) is 12.2 Å². The van der Waals surface area contributed by atoms with Crippen molar-refractivity contribution < 1.29 is 4.74 Å². The Kier molecular flexibility index (Phi) is 3.27. The summed E-state index contributed by atoms with van der Waals surface area (Å²) in [7, 11) is 1.74. The lowest BCUT2D eigenvalue weighted by Gasteiger charge is -2.27. The molecule has 0 heterocycles. The number of benzene rings is 1. The fraction of sp³-hybridized carbons (Fsp3) is 0.538. The maximum Gasteiger partial charge on any atom is 0.122 e. The van der Waals surface area contributed by atoms with Crippen LogP contribution < -0.4 is 10.5 Å². The van der Waals surface area contributed by atoms with Crippen LogP contribution in [0.5, 0.6) is 5.75 Å². The van der Waals surface area contributed by atoms with Crippen LogP contribution in [0.4, 0.5) is 0 Å². The largest absolute Gasteiger partial charge is 0.496 e. The maximum absolute atomic E-state index is 6.01. The van der Waals surface area contributed by atoms with Gasteiger partial charge in [0.1, 0.15) is 5.75 Å². The molecule has 1 aliphatic rings. The highest BCUT2D eigenvalue weighted by Gasteiger charge is 2.22. The van der Waals surface area contributed by atoms with E-state index >= 15 is 0 Å². The second-order valence-corrected chi connectivity index (χ2v) is 4.37. The van der Waals surface area contributed by atoms with Crippen molar-refractivity contribution >= 4 is 0 Å². The zero-order valence-electron chi connectivity index (χ0n) is 9.28. The highest BCUT2D eigenvalue weighted by molar-refractivity contribution is 5.36. The average Bonchev–Trinajstić information content (AvgIpc) is 2.29. The molecule has 0 spiro atoms. The zero-order chi connectivity index (χ0) is 10.7. The van der Waals surface area contributed by atoms with Gasteiger partial charge in [0.15, 0.2) is 0 Å². The topological polar surface area (TPSA) is 35.2 Å². The molecule has 2 nitrogen and oxygen atoms in total. The molecule has 2 unspecified atom stereocenters. The second-order valence-electron chi connectivity index (χ2n) is 4.37. The standard InChI is InChI=1S/C13H19NO/c1-15-13-8-3-2-7-12(13)10-5-4-6-11(14)9-10/h2-3,7-8,10-11H,4-6,9,14H2,1H3. The molecule has 1 saturated carbocycles. The molecule has 0 radical (unpaired) electrons. The first-order valence-corrected chi connectivity index (χ1v) is 5.69. The second kappa shape index (κ2) is 4.67. The highest BCUT2D eigenvalue weighted by atomic mass is 16.5. The van der Waals surface area contributed by atoms with Crippen molar-refractivity contribution in [2.75, 3.05) is 7.11 Å². The summed E-state index contributed by atoms with van der Waals surface area (Å²) in [6.45, 7) is 0. The van der Waals surface area contributed by atoms with Crippen LogP contribution in [-0.2, 0) is 0 Å². The van der Waals surface area contributed by atoms with E-state index in [9.17, 15) is 0 Å². The monoisotopic (exact) mass is 205 g/mol. The van der Waals surface area contributed by atoms with Gasteiger partial charge in [-0.2, -0.15) is 0 Å². The first kappa shape index (κ1) is 10.5. The van der Waals surface area contributed by atoms with E-state index in [1.165, 1.54) is 24.8 Å². The van der Waals surface area contributed by atoms with Gasteiger partial charge in [0.2, 0.25) is 0 Å². The third-order valence-corrected chi connectivity index (χ3v) is 3.29. The summed E-state index contributed by atoms with van der Waals surface area (Å²) >= 11 is 0. The Morgan fingerprint density at radius 2 is 2.07 bits per heavy atom. The van der Waals surface area contributed by atoms with Crippen molar-refractivity contribution in [3.63, 3.8) is 0 Å². The van der Waals surface area contributed by atoms with Gasteiger partial charge >= 0.3 is 0 Å². The smallest absolute Gasteiger partial charge is 0.122 e.